The number of primary amides is 1. The van der Waals surface area contributed by atoms with Crippen LogP contribution < -0.4 is 38.5 Å². The number of aromatic nitrogens is 3. The molecule has 3 aromatic carbocycles. The van der Waals surface area contributed by atoms with Gasteiger partial charge >= 0.3 is 0 Å². The van der Waals surface area contributed by atoms with Crippen molar-refractivity contribution in [2.75, 3.05) is 6.54 Å². The maximum absolute atomic E-state index is 14.3. The molecule has 2 heterocycles. The van der Waals surface area contributed by atoms with Gasteiger partial charge in [-0.1, -0.05) is 60.7 Å². The number of carbonyl (C=O) groups is 5. The number of H-pyrrole nitrogens is 2. The van der Waals surface area contributed by atoms with Crippen LogP contribution >= 0.6 is 0 Å². The van der Waals surface area contributed by atoms with Crippen molar-refractivity contribution in [3.8, 4) is 0 Å². The summed E-state index contributed by atoms with van der Waals surface area (Å²) in [6.45, 7) is 1.45. The van der Waals surface area contributed by atoms with Gasteiger partial charge in [0.2, 0.25) is 29.5 Å². The van der Waals surface area contributed by atoms with Gasteiger partial charge in [-0.15, -0.1) is 0 Å². The zero-order valence-corrected chi connectivity index (χ0v) is 29.8. The first-order valence-electron chi connectivity index (χ1n) is 17.5. The van der Waals surface area contributed by atoms with E-state index in [1.165, 1.54) is 19.4 Å². The number of amides is 5. The van der Waals surface area contributed by atoms with Gasteiger partial charge in [-0.3, -0.25) is 29.0 Å². The number of benzene rings is 3. The molecular formula is C38H45N11O5. The highest BCUT2D eigenvalue weighted by Gasteiger charge is 2.32. The van der Waals surface area contributed by atoms with E-state index in [4.69, 9.17) is 17.2 Å². The number of nitrogens with zero attached hydrogens (tertiary/aromatic N) is 2. The molecule has 0 unspecified atom stereocenters. The molecule has 5 rings (SSSR count). The number of imidazole rings is 1. The fraction of sp³-hybridized carbons (Fsp3) is 0.289. The lowest BCUT2D eigenvalue weighted by Gasteiger charge is -2.26. The van der Waals surface area contributed by atoms with Crippen molar-refractivity contribution >= 4 is 57.2 Å². The van der Waals surface area contributed by atoms with E-state index in [-0.39, 0.29) is 44.6 Å². The molecule has 0 radical (unpaired) electrons. The third-order valence-corrected chi connectivity index (χ3v) is 8.95. The average Bonchev–Trinajstić information content (AvgIpc) is 3.81. The molecule has 0 saturated carbocycles. The number of aromatic amines is 2. The number of rotatable bonds is 18. The number of para-hydroxylation sites is 1. The molecule has 4 atom stereocenters. The van der Waals surface area contributed by atoms with Crippen LogP contribution in [0.5, 0.6) is 0 Å². The van der Waals surface area contributed by atoms with Gasteiger partial charge in [0.25, 0.3) is 0 Å². The predicted molar refractivity (Wildman–Crippen MR) is 204 cm³/mol. The molecule has 16 nitrogen and oxygen atoms in total. The standard InChI is InChI=1S/C38H45N11O5/c1-22(50)46-33(18-26-20-42-21-45-26)37(54)49-32(16-24-10-6-9-23-8-2-3-11-27(23)24)36(53)47-30(14-7-15-43-38(40)41)35(52)48-31(34(39)51)17-25-19-44-29-13-5-4-12-28(25)29/h2-6,8-13,19-21,30-33,44H,7,14-18H2,1H3,(H2,39,51)(H,42,45)(H,46,50)(H,47,53)(H,48,52)(H,49,54)(H4,40,41,43)/t30-,31-,32-,33-/m0/s1. The Morgan fingerprint density at radius 3 is 2.04 bits per heavy atom. The lowest BCUT2D eigenvalue weighted by molar-refractivity contribution is -0.134. The Bertz CT molecular complexity index is 2120. The lowest BCUT2D eigenvalue weighted by Crippen LogP contribution is -2.59. The first-order chi connectivity index (χ1) is 26.0. The van der Waals surface area contributed by atoms with Crippen molar-refractivity contribution in [1.82, 2.24) is 36.2 Å². The Kier molecular flexibility index (Phi) is 13.0. The highest BCUT2D eigenvalue weighted by Crippen LogP contribution is 2.21. The molecule has 0 aliphatic carbocycles. The van der Waals surface area contributed by atoms with E-state index in [1.54, 1.807) is 6.20 Å². The predicted octanol–water partition coefficient (Wildman–Crippen LogP) is 0.570. The van der Waals surface area contributed by atoms with Crippen LogP contribution in [0.1, 0.15) is 36.6 Å². The van der Waals surface area contributed by atoms with Crippen LogP contribution in [0.4, 0.5) is 0 Å². The Labute approximate surface area is 311 Å². The lowest BCUT2D eigenvalue weighted by atomic mass is 9.97. The van der Waals surface area contributed by atoms with Gasteiger partial charge in [0.1, 0.15) is 24.2 Å². The zero-order chi connectivity index (χ0) is 38.6. The number of fused-ring (bicyclic) bond motifs is 2. The largest absolute Gasteiger partial charge is 0.370 e. The van der Waals surface area contributed by atoms with Gasteiger partial charge in [0, 0.05) is 61.7 Å². The van der Waals surface area contributed by atoms with Gasteiger partial charge in [-0.25, -0.2) is 4.98 Å². The summed E-state index contributed by atoms with van der Waals surface area (Å²) in [6.07, 6.45) is 5.33. The number of hydrogen-bond acceptors (Lipinski definition) is 7. The zero-order valence-electron chi connectivity index (χ0n) is 29.8. The molecule has 16 heteroatoms. The smallest absolute Gasteiger partial charge is 0.243 e. The van der Waals surface area contributed by atoms with Crippen LogP contribution in [-0.4, -0.2) is 81.2 Å². The Morgan fingerprint density at radius 2 is 1.33 bits per heavy atom. The minimum atomic E-state index is -1.20. The van der Waals surface area contributed by atoms with E-state index < -0.39 is 53.7 Å². The first kappa shape index (κ1) is 38.5. The highest BCUT2D eigenvalue weighted by atomic mass is 16.2. The van der Waals surface area contributed by atoms with Gasteiger partial charge in [0.05, 0.1) is 6.33 Å². The third kappa shape index (κ3) is 10.4. The van der Waals surface area contributed by atoms with Crippen LogP contribution in [0, 0.1) is 0 Å². The molecule has 5 aromatic rings. The minimum Gasteiger partial charge on any atom is -0.370 e. The Balaban J connectivity index is 1.41. The third-order valence-electron chi connectivity index (χ3n) is 8.95. The summed E-state index contributed by atoms with van der Waals surface area (Å²) < 4.78 is 0. The van der Waals surface area contributed by atoms with Crippen LogP contribution in [0.15, 0.2) is 90.4 Å². The topological polar surface area (TPSA) is 268 Å². The summed E-state index contributed by atoms with van der Waals surface area (Å²) >= 11 is 0. The second-order valence-corrected chi connectivity index (χ2v) is 13.0. The van der Waals surface area contributed by atoms with Crippen molar-refractivity contribution in [1.29, 1.82) is 0 Å². The number of carbonyl (C=O) groups excluding carboxylic acids is 5. The fourth-order valence-corrected chi connectivity index (χ4v) is 6.30. The summed E-state index contributed by atoms with van der Waals surface area (Å²) in [7, 11) is 0. The molecule has 282 valence electrons. The summed E-state index contributed by atoms with van der Waals surface area (Å²) in [5, 5.41) is 13.7. The molecule has 2 aromatic heterocycles. The van der Waals surface area contributed by atoms with Crippen LogP contribution in [0.3, 0.4) is 0 Å². The summed E-state index contributed by atoms with van der Waals surface area (Å²) in [5.41, 5.74) is 19.8. The molecule has 0 aliphatic heterocycles. The van der Waals surface area contributed by atoms with Crippen molar-refractivity contribution in [3.05, 3.63) is 102 Å². The van der Waals surface area contributed by atoms with Crippen molar-refractivity contribution in [2.24, 2.45) is 22.2 Å². The van der Waals surface area contributed by atoms with E-state index in [1.807, 2.05) is 66.7 Å². The molecular weight excluding hydrogens is 690 g/mol. The Morgan fingerprint density at radius 1 is 0.704 bits per heavy atom. The van der Waals surface area contributed by atoms with Crippen LogP contribution in [0.2, 0.25) is 0 Å². The van der Waals surface area contributed by atoms with Gasteiger partial charge in [-0.2, -0.15) is 0 Å². The minimum absolute atomic E-state index is 0.0442. The maximum Gasteiger partial charge on any atom is 0.243 e. The van der Waals surface area contributed by atoms with Gasteiger partial charge < -0.3 is 48.4 Å². The number of hydrogen-bond donors (Lipinski definition) is 9. The quantitative estimate of drug-likeness (QED) is 0.0348. The highest BCUT2D eigenvalue weighted by molar-refractivity contribution is 5.96. The SMILES string of the molecule is CC(=O)N[C@@H](Cc1cnc[nH]1)C(=O)N[C@@H](Cc1cccc2ccccc12)C(=O)N[C@@H](CCCN=C(N)N)C(=O)N[C@@H](Cc1c[nH]c2ccccc12)C(N)=O. The van der Waals surface area contributed by atoms with E-state index in [0.717, 1.165) is 32.8 Å². The number of nitrogens with one attached hydrogen (secondary N) is 6. The molecule has 0 bridgehead atoms. The maximum atomic E-state index is 14.3. The molecule has 0 fully saturated rings. The Hall–Kier alpha value is -6.71. The summed E-state index contributed by atoms with van der Waals surface area (Å²) in [4.78, 5) is 80.9. The second kappa shape index (κ2) is 18.2. The van der Waals surface area contributed by atoms with Crippen LogP contribution in [-0.2, 0) is 43.2 Å². The number of aliphatic imine (C=N–C) groups is 1. The van der Waals surface area contributed by atoms with E-state index >= 15 is 0 Å². The van der Waals surface area contributed by atoms with Gasteiger partial charge in [0.15, 0.2) is 5.96 Å². The summed E-state index contributed by atoms with van der Waals surface area (Å²) in [5.74, 6) is -3.30. The van der Waals surface area contributed by atoms with Crippen molar-refractivity contribution < 1.29 is 24.0 Å². The van der Waals surface area contributed by atoms with Gasteiger partial charge in [-0.05, 0) is 40.8 Å². The number of nitrogens with two attached hydrogens (primary N) is 3. The monoisotopic (exact) mass is 735 g/mol. The molecule has 54 heavy (non-hydrogen) atoms. The van der Waals surface area contributed by atoms with E-state index in [9.17, 15) is 24.0 Å². The van der Waals surface area contributed by atoms with E-state index in [2.05, 4.69) is 41.2 Å². The normalized spacial score (nSPS) is 13.3. The van der Waals surface area contributed by atoms with E-state index in [0.29, 0.717) is 5.69 Å². The van der Waals surface area contributed by atoms with Crippen molar-refractivity contribution in [2.45, 2.75) is 63.2 Å². The average molecular weight is 736 g/mol. The van der Waals surface area contributed by atoms with Crippen molar-refractivity contribution in [3.63, 3.8) is 0 Å². The second-order valence-electron chi connectivity index (χ2n) is 13.0. The molecule has 12 N–H and O–H groups in total. The fourth-order valence-electron chi connectivity index (χ4n) is 6.30. The van der Waals surface area contributed by atoms with Crippen LogP contribution in [0.25, 0.3) is 21.7 Å². The summed E-state index contributed by atoms with van der Waals surface area (Å²) in [6, 6.07) is 16.2. The molecule has 0 aliphatic rings. The molecule has 0 saturated heterocycles. The first-order valence-corrected chi connectivity index (χ1v) is 17.5. The number of guanidine groups is 1. The molecule has 0 spiro atoms. The molecule has 5 amide bonds.